The van der Waals surface area contributed by atoms with Gasteiger partial charge in [-0.05, 0) is 66.3 Å². The van der Waals surface area contributed by atoms with Crippen LogP contribution in [-0.4, -0.2) is 19.1 Å². The van der Waals surface area contributed by atoms with Crippen LogP contribution in [0.2, 0.25) is 0 Å². The number of amides is 1. The highest BCUT2D eigenvalue weighted by atomic mass is 127. The predicted octanol–water partition coefficient (Wildman–Crippen LogP) is 5.18. The molecule has 0 aliphatic heterocycles. The number of rotatable bonds is 8. The van der Waals surface area contributed by atoms with Gasteiger partial charge in [0.25, 0.3) is 5.91 Å². The molecule has 2 aromatic rings. The zero-order valence-electron chi connectivity index (χ0n) is 15.1. The lowest BCUT2D eigenvalue weighted by Gasteiger charge is -2.17. The van der Waals surface area contributed by atoms with Crippen LogP contribution in [-0.2, 0) is 19.8 Å². The topological polar surface area (TPSA) is 88.4 Å². The summed E-state index contributed by atoms with van der Waals surface area (Å²) in [5.74, 6) is -0.319. The molecule has 0 heterocycles. The van der Waals surface area contributed by atoms with Gasteiger partial charge in [-0.2, -0.15) is 5.26 Å². The quantitative estimate of drug-likeness (QED) is 0.400. The van der Waals surface area contributed by atoms with Crippen LogP contribution >= 0.6 is 30.2 Å². The van der Waals surface area contributed by atoms with E-state index in [2.05, 4.69) is 34.0 Å². The summed E-state index contributed by atoms with van der Waals surface area (Å²) in [6, 6.07) is 14.0. The first-order valence-corrected chi connectivity index (χ1v) is 11.2. The highest BCUT2D eigenvalue weighted by molar-refractivity contribution is 14.1. The average molecular weight is 498 g/mol. The second-order valence-corrected chi connectivity index (χ2v) is 8.75. The Kier molecular flexibility index (Phi) is 7.99. The molecule has 0 unspecified atom stereocenters. The molecule has 0 bridgehead atoms. The number of benzene rings is 2. The van der Waals surface area contributed by atoms with Crippen LogP contribution in [0, 0.1) is 14.9 Å². The molecule has 1 amide bonds. The van der Waals surface area contributed by atoms with Gasteiger partial charge in [0.1, 0.15) is 6.07 Å². The Balaban J connectivity index is 2.14. The van der Waals surface area contributed by atoms with Gasteiger partial charge in [0.05, 0.1) is 30.6 Å². The van der Waals surface area contributed by atoms with Crippen molar-refractivity contribution in [3.63, 3.8) is 0 Å². The molecule has 0 saturated heterocycles. The van der Waals surface area contributed by atoms with E-state index in [0.29, 0.717) is 30.0 Å². The molecule has 0 radical (unpaired) electrons. The van der Waals surface area contributed by atoms with Crippen molar-refractivity contribution < 1.29 is 18.4 Å². The lowest BCUT2D eigenvalue weighted by Crippen LogP contribution is -2.14. The SMILES string of the molecule is CCOP(=O)(Cc1ccc(C(=O)Nc2c(I)cccc2C#N)cc1)OCC. The standard InChI is InChI=1S/C19H20IN2O4P/c1-3-25-27(24,26-4-2)13-14-8-10-15(11-9-14)19(23)22-18-16(12-21)6-5-7-17(18)20/h5-11H,3-4,13H2,1-2H3,(H,22,23). The highest BCUT2D eigenvalue weighted by Crippen LogP contribution is 2.51. The maximum Gasteiger partial charge on any atom is 0.335 e. The number of hydrogen-bond acceptors (Lipinski definition) is 5. The van der Waals surface area contributed by atoms with E-state index in [9.17, 15) is 14.6 Å². The van der Waals surface area contributed by atoms with Crippen LogP contribution in [0.15, 0.2) is 42.5 Å². The second-order valence-electron chi connectivity index (χ2n) is 5.53. The van der Waals surface area contributed by atoms with Gasteiger partial charge in [0.15, 0.2) is 0 Å². The summed E-state index contributed by atoms with van der Waals surface area (Å²) in [5.41, 5.74) is 2.09. The molecule has 0 aliphatic rings. The molecular formula is C19H20IN2O4P. The minimum atomic E-state index is -3.19. The number of nitriles is 1. The van der Waals surface area contributed by atoms with E-state index in [4.69, 9.17) is 9.05 Å². The van der Waals surface area contributed by atoms with Gasteiger partial charge in [-0.3, -0.25) is 9.36 Å². The number of nitrogens with zero attached hydrogens (tertiary/aromatic N) is 1. The third-order valence-corrected chi connectivity index (χ3v) is 6.57. The molecule has 2 rings (SSSR count). The van der Waals surface area contributed by atoms with Gasteiger partial charge in [0.2, 0.25) is 0 Å². The molecule has 0 atom stereocenters. The van der Waals surface area contributed by atoms with E-state index < -0.39 is 7.60 Å². The van der Waals surface area contributed by atoms with Crippen LogP contribution < -0.4 is 5.32 Å². The average Bonchev–Trinajstić information content (AvgIpc) is 2.64. The van der Waals surface area contributed by atoms with E-state index >= 15 is 0 Å². The van der Waals surface area contributed by atoms with Gasteiger partial charge in [-0.1, -0.05) is 18.2 Å². The van der Waals surface area contributed by atoms with Crippen LogP contribution in [0.1, 0.15) is 35.3 Å². The maximum atomic E-state index is 12.6. The number of carbonyl (C=O) groups is 1. The Labute approximate surface area is 172 Å². The second kappa shape index (κ2) is 10.00. The summed E-state index contributed by atoms with van der Waals surface area (Å²) in [6.45, 7) is 4.13. The number of carbonyl (C=O) groups excluding carboxylic acids is 1. The Hall–Kier alpha value is -1.72. The fourth-order valence-electron chi connectivity index (χ4n) is 2.44. The Morgan fingerprint density at radius 1 is 1.15 bits per heavy atom. The molecule has 6 nitrogen and oxygen atoms in total. The first-order valence-electron chi connectivity index (χ1n) is 8.39. The zero-order chi connectivity index (χ0) is 19.9. The van der Waals surface area contributed by atoms with Crippen molar-refractivity contribution in [2.45, 2.75) is 20.0 Å². The number of nitrogens with one attached hydrogen (secondary N) is 1. The van der Waals surface area contributed by atoms with Gasteiger partial charge >= 0.3 is 7.60 Å². The van der Waals surface area contributed by atoms with E-state index in [-0.39, 0.29) is 12.1 Å². The summed E-state index contributed by atoms with van der Waals surface area (Å²) in [4.78, 5) is 12.5. The van der Waals surface area contributed by atoms with Crippen LogP contribution in [0.25, 0.3) is 0 Å². The fraction of sp³-hybridized carbons (Fsp3) is 0.263. The summed E-state index contributed by atoms with van der Waals surface area (Å²) in [6.07, 6.45) is 0.145. The van der Waals surface area contributed by atoms with Crippen LogP contribution in [0.3, 0.4) is 0 Å². The van der Waals surface area contributed by atoms with E-state index in [1.165, 1.54) is 0 Å². The van der Waals surface area contributed by atoms with E-state index in [1.54, 1.807) is 50.2 Å². The lowest BCUT2D eigenvalue weighted by molar-refractivity contribution is 0.102. The normalized spacial score (nSPS) is 11.0. The lowest BCUT2D eigenvalue weighted by atomic mass is 10.1. The third kappa shape index (κ3) is 5.88. The Morgan fingerprint density at radius 2 is 1.78 bits per heavy atom. The number of halogens is 1. The summed E-state index contributed by atoms with van der Waals surface area (Å²) in [7, 11) is -3.19. The van der Waals surface area contributed by atoms with Gasteiger partial charge in [-0.15, -0.1) is 0 Å². The molecular weight excluding hydrogens is 478 g/mol. The number of para-hydroxylation sites is 1. The molecule has 1 N–H and O–H groups in total. The minimum absolute atomic E-state index is 0.145. The molecule has 0 saturated carbocycles. The van der Waals surface area contributed by atoms with Crippen LogP contribution in [0.5, 0.6) is 0 Å². The van der Waals surface area contributed by atoms with Crippen molar-refractivity contribution in [3.05, 3.63) is 62.7 Å². The van der Waals surface area contributed by atoms with Crippen molar-refractivity contribution in [2.75, 3.05) is 18.5 Å². The monoisotopic (exact) mass is 498 g/mol. The van der Waals surface area contributed by atoms with Crippen molar-refractivity contribution in [2.24, 2.45) is 0 Å². The van der Waals surface area contributed by atoms with E-state index in [1.807, 2.05) is 6.07 Å². The smallest absolute Gasteiger partial charge is 0.320 e. The van der Waals surface area contributed by atoms with Crippen molar-refractivity contribution in [1.29, 1.82) is 5.26 Å². The van der Waals surface area contributed by atoms with Crippen molar-refractivity contribution in [3.8, 4) is 6.07 Å². The molecule has 0 aromatic heterocycles. The van der Waals surface area contributed by atoms with Crippen molar-refractivity contribution >= 4 is 41.8 Å². The number of hydrogen-bond donors (Lipinski definition) is 1. The first kappa shape index (κ1) is 21.6. The summed E-state index contributed by atoms with van der Waals surface area (Å²) in [5, 5.41) is 12.0. The molecule has 2 aromatic carbocycles. The van der Waals surface area contributed by atoms with Gasteiger partial charge in [0, 0.05) is 9.13 Å². The molecule has 0 spiro atoms. The zero-order valence-corrected chi connectivity index (χ0v) is 18.1. The van der Waals surface area contributed by atoms with Crippen LogP contribution in [0.4, 0.5) is 5.69 Å². The molecule has 8 heteroatoms. The summed E-state index contributed by atoms with van der Waals surface area (Å²) < 4.78 is 24.0. The maximum absolute atomic E-state index is 12.6. The van der Waals surface area contributed by atoms with Gasteiger partial charge < -0.3 is 14.4 Å². The number of anilines is 1. The largest absolute Gasteiger partial charge is 0.335 e. The molecule has 0 aliphatic carbocycles. The molecule has 0 fully saturated rings. The molecule has 142 valence electrons. The summed E-state index contributed by atoms with van der Waals surface area (Å²) >= 11 is 2.07. The van der Waals surface area contributed by atoms with Gasteiger partial charge in [-0.25, -0.2) is 0 Å². The highest BCUT2D eigenvalue weighted by Gasteiger charge is 2.24. The fourth-order valence-corrected chi connectivity index (χ4v) is 4.77. The van der Waals surface area contributed by atoms with E-state index in [0.717, 1.165) is 9.13 Å². The first-order chi connectivity index (χ1) is 12.9. The molecule has 27 heavy (non-hydrogen) atoms. The third-order valence-electron chi connectivity index (χ3n) is 3.62. The Morgan fingerprint density at radius 3 is 2.33 bits per heavy atom. The minimum Gasteiger partial charge on any atom is -0.320 e. The van der Waals surface area contributed by atoms with Crippen molar-refractivity contribution in [1.82, 2.24) is 0 Å². The Bertz CT molecular complexity index is 884. The predicted molar refractivity (Wildman–Crippen MR) is 113 cm³/mol.